The van der Waals surface area contributed by atoms with E-state index in [1.807, 2.05) is 32.0 Å². The van der Waals surface area contributed by atoms with E-state index < -0.39 is 18.3 Å². The van der Waals surface area contributed by atoms with Gasteiger partial charge in [-0.1, -0.05) is 18.2 Å². The van der Waals surface area contributed by atoms with Crippen molar-refractivity contribution in [3.8, 4) is 0 Å². The highest BCUT2D eigenvalue weighted by molar-refractivity contribution is 5.93. The van der Waals surface area contributed by atoms with Gasteiger partial charge in [-0.3, -0.25) is 9.59 Å². The van der Waals surface area contributed by atoms with Gasteiger partial charge in [0.25, 0.3) is 0 Å². The van der Waals surface area contributed by atoms with E-state index in [-0.39, 0.29) is 0 Å². The SMILES string of the molecule is Cc1ccc(CNC(=O)CC(=O)O)cc1C. The molecule has 86 valence electrons. The predicted octanol–water partition coefficient (Wildman–Crippen LogP) is 1.39. The molecular formula is C12H15NO3. The highest BCUT2D eigenvalue weighted by atomic mass is 16.4. The smallest absolute Gasteiger partial charge is 0.312 e. The number of benzene rings is 1. The molecule has 0 aromatic heterocycles. The zero-order valence-corrected chi connectivity index (χ0v) is 9.41. The van der Waals surface area contributed by atoms with Gasteiger partial charge in [-0.15, -0.1) is 0 Å². The summed E-state index contributed by atoms with van der Waals surface area (Å²) in [5, 5.41) is 11.0. The highest BCUT2D eigenvalue weighted by Crippen LogP contribution is 2.09. The predicted molar refractivity (Wildman–Crippen MR) is 60.0 cm³/mol. The third kappa shape index (κ3) is 3.73. The van der Waals surface area contributed by atoms with Crippen LogP contribution in [-0.4, -0.2) is 17.0 Å². The molecule has 0 heterocycles. The number of aryl methyl sites for hydroxylation is 2. The normalized spacial score (nSPS) is 9.88. The van der Waals surface area contributed by atoms with E-state index in [9.17, 15) is 9.59 Å². The highest BCUT2D eigenvalue weighted by Gasteiger charge is 2.06. The molecular weight excluding hydrogens is 206 g/mol. The van der Waals surface area contributed by atoms with Gasteiger partial charge < -0.3 is 10.4 Å². The summed E-state index contributed by atoms with van der Waals surface area (Å²) >= 11 is 0. The van der Waals surface area contributed by atoms with Crippen LogP contribution in [0.2, 0.25) is 0 Å². The molecule has 0 radical (unpaired) electrons. The summed E-state index contributed by atoms with van der Waals surface area (Å²) in [4.78, 5) is 21.3. The molecule has 1 aromatic rings. The first-order valence-electron chi connectivity index (χ1n) is 5.03. The lowest BCUT2D eigenvalue weighted by molar-refractivity contribution is -0.140. The molecule has 0 unspecified atom stereocenters. The Morgan fingerprint density at radius 2 is 1.94 bits per heavy atom. The number of carboxylic acid groups (broad SMARTS) is 1. The number of carbonyl (C=O) groups is 2. The standard InChI is InChI=1S/C12H15NO3/c1-8-3-4-10(5-9(8)2)7-13-11(14)6-12(15)16/h3-5H,6-7H2,1-2H3,(H,13,14)(H,15,16). The first kappa shape index (κ1) is 12.2. The second kappa shape index (κ2) is 5.30. The van der Waals surface area contributed by atoms with Crippen LogP contribution in [0.1, 0.15) is 23.1 Å². The van der Waals surface area contributed by atoms with Crippen LogP contribution < -0.4 is 5.32 Å². The minimum Gasteiger partial charge on any atom is -0.481 e. The molecule has 4 nitrogen and oxygen atoms in total. The zero-order valence-electron chi connectivity index (χ0n) is 9.41. The van der Waals surface area contributed by atoms with E-state index in [0.717, 1.165) is 11.1 Å². The molecule has 0 spiro atoms. The van der Waals surface area contributed by atoms with Crippen molar-refractivity contribution in [3.05, 3.63) is 34.9 Å². The van der Waals surface area contributed by atoms with E-state index in [1.54, 1.807) is 0 Å². The third-order valence-corrected chi connectivity index (χ3v) is 2.37. The zero-order chi connectivity index (χ0) is 12.1. The topological polar surface area (TPSA) is 66.4 Å². The average molecular weight is 221 g/mol. The fourth-order valence-corrected chi connectivity index (χ4v) is 1.31. The lowest BCUT2D eigenvalue weighted by atomic mass is 10.1. The summed E-state index contributed by atoms with van der Waals surface area (Å²) in [5.74, 6) is -1.58. The maximum Gasteiger partial charge on any atom is 0.312 e. The van der Waals surface area contributed by atoms with Gasteiger partial charge in [0.05, 0.1) is 0 Å². The van der Waals surface area contributed by atoms with Gasteiger partial charge in [0.15, 0.2) is 0 Å². The van der Waals surface area contributed by atoms with Crippen molar-refractivity contribution < 1.29 is 14.7 Å². The maximum absolute atomic E-state index is 11.1. The summed E-state index contributed by atoms with van der Waals surface area (Å²) in [7, 11) is 0. The lowest BCUT2D eigenvalue weighted by Gasteiger charge is -2.06. The number of hydrogen-bond acceptors (Lipinski definition) is 2. The fraction of sp³-hybridized carbons (Fsp3) is 0.333. The van der Waals surface area contributed by atoms with Crippen LogP contribution in [0.4, 0.5) is 0 Å². The first-order chi connectivity index (χ1) is 7.49. The monoisotopic (exact) mass is 221 g/mol. The molecule has 0 fully saturated rings. The summed E-state index contributed by atoms with van der Waals surface area (Å²) in [6, 6.07) is 5.88. The Kier molecular flexibility index (Phi) is 4.05. The second-order valence-corrected chi connectivity index (χ2v) is 3.77. The summed E-state index contributed by atoms with van der Waals surface area (Å²) in [6.07, 6.45) is -0.481. The average Bonchev–Trinajstić information content (AvgIpc) is 2.19. The van der Waals surface area contributed by atoms with Gasteiger partial charge in [-0.2, -0.15) is 0 Å². The van der Waals surface area contributed by atoms with E-state index in [0.29, 0.717) is 6.54 Å². The molecule has 4 heteroatoms. The van der Waals surface area contributed by atoms with Gasteiger partial charge in [0.1, 0.15) is 6.42 Å². The Morgan fingerprint density at radius 3 is 2.50 bits per heavy atom. The Labute approximate surface area is 94.3 Å². The van der Waals surface area contributed by atoms with Crippen LogP contribution in [0.15, 0.2) is 18.2 Å². The molecule has 0 aliphatic carbocycles. The molecule has 0 aliphatic heterocycles. The van der Waals surface area contributed by atoms with Gasteiger partial charge >= 0.3 is 5.97 Å². The van der Waals surface area contributed by atoms with Crippen molar-refractivity contribution in [3.63, 3.8) is 0 Å². The van der Waals surface area contributed by atoms with Crippen LogP contribution in [-0.2, 0) is 16.1 Å². The number of hydrogen-bond donors (Lipinski definition) is 2. The van der Waals surface area contributed by atoms with Crippen LogP contribution in [0.25, 0.3) is 0 Å². The van der Waals surface area contributed by atoms with Crippen LogP contribution in [0.3, 0.4) is 0 Å². The van der Waals surface area contributed by atoms with Crippen LogP contribution >= 0.6 is 0 Å². The molecule has 0 aliphatic rings. The number of carbonyl (C=O) groups excluding carboxylic acids is 1. The molecule has 1 aromatic carbocycles. The van der Waals surface area contributed by atoms with Gasteiger partial charge in [0, 0.05) is 6.54 Å². The van der Waals surface area contributed by atoms with Gasteiger partial charge in [-0.25, -0.2) is 0 Å². The minimum absolute atomic E-state index is 0.368. The van der Waals surface area contributed by atoms with Crippen molar-refractivity contribution in [2.45, 2.75) is 26.8 Å². The van der Waals surface area contributed by atoms with Crippen molar-refractivity contribution in [2.24, 2.45) is 0 Å². The molecule has 1 rings (SSSR count). The molecule has 0 atom stereocenters. The summed E-state index contributed by atoms with van der Waals surface area (Å²) < 4.78 is 0. The lowest BCUT2D eigenvalue weighted by Crippen LogP contribution is -2.25. The van der Waals surface area contributed by atoms with Crippen molar-refractivity contribution in [1.29, 1.82) is 0 Å². The van der Waals surface area contributed by atoms with Crippen molar-refractivity contribution in [2.75, 3.05) is 0 Å². The van der Waals surface area contributed by atoms with Crippen LogP contribution in [0, 0.1) is 13.8 Å². The first-order valence-corrected chi connectivity index (χ1v) is 5.03. The van der Waals surface area contributed by atoms with E-state index in [1.165, 1.54) is 5.56 Å². The Morgan fingerprint density at radius 1 is 1.25 bits per heavy atom. The second-order valence-electron chi connectivity index (χ2n) is 3.77. The number of amides is 1. The Bertz CT molecular complexity index is 413. The van der Waals surface area contributed by atoms with E-state index in [4.69, 9.17) is 5.11 Å². The molecule has 1 amide bonds. The summed E-state index contributed by atoms with van der Waals surface area (Å²) in [5.41, 5.74) is 3.33. The van der Waals surface area contributed by atoms with Gasteiger partial charge in [0.2, 0.25) is 5.91 Å². The molecule has 2 N–H and O–H groups in total. The number of rotatable bonds is 4. The largest absolute Gasteiger partial charge is 0.481 e. The van der Waals surface area contributed by atoms with Crippen LogP contribution in [0.5, 0.6) is 0 Å². The fourth-order valence-electron chi connectivity index (χ4n) is 1.31. The molecule has 0 bridgehead atoms. The number of nitrogens with one attached hydrogen (secondary N) is 1. The number of carboxylic acids is 1. The molecule has 16 heavy (non-hydrogen) atoms. The summed E-state index contributed by atoms with van der Waals surface area (Å²) in [6.45, 7) is 4.38. The Balaban J connectivity index is 2.51. The van der Waals surface area contributed by atoms with Gasteiger partial charge in [-0.05, 0) is 30.5 Å². The third-order valence-electron chi connectivity index (χ3n) is 2.37. The van der Waals surface area contributed by atoms with E-state index >= 15 is 0 Å². The quantitative estimate of drug-likeness (QED) is 0.755. The maximum atomic E-state index is 11.1. The van der Waals surface area contributed by atoms with Crippen molar-refractivity contribution in [1.82, 2.24) is 5.32 Å². The molecule has 0 saturated heterocycles. The number of aliphatic carboxylic acids is 1. The van der Waals surface area contributed by atoms with E-state index in [2.05, 4.69) is 5.32 Å². The minimum atomic E-state index is -1.11. The Hall–Kier alpha value is -1.84. The van der Waals surface area contributed by atoms with Crippen molar-refractivity contribution >= 4 is 11.9 Å². The molecule has 0 saturated carbocycles.